The van der Waals surface area contributed by atoms with Gasteiger partial charge in [0.05, 0.1) is 12.1 Å². The van der Waals surface area contributed by atoms with Gasteiger partial charge in [-0.05, 0) is 26.7 Å². The van der Waals surface area contributed by atoms with Gasteiger partial charge in [-0.1, -0.05) is 13.3 Å². The van der Waals surface area contributed by atoms with Crippen LogP contribution in [0.15, 0.2) is 0 Å². The minimum Gasteiger partial charge on any atom is -0.394 e. The number of rotatable bonds is 9. The smallest absolute Gasteiger partial charge is 0.309 e. The van der Waals surface area contributed by atoms with Gasteiger partial charge in [0.15, 0.2) is 0 Å². The molecular formula is C13H26N2O4. The van der Waals surface area contributed by atoms with Crippen LogP contribution in [0.2, 0.25) is 0 Å². The maximum absolute atomic E-state index is 11.5. The predicted octanol–water partition coefficient (Wildman–Crippen LogP) is 0.197. The summed E-state index contributed by atoms with van der Waals surface area (Å²) in [6.45, 7) is 6.85. The SMILES string of the molecule is CCCCOCCCNC(=O)C(=O)NC(C)(C)CO. The first-order chi connectivity index (χ1) is 8.93. The predicted molar refractivity (Wildman–Crippen MR) is 72.7 cm³/mol. The van der Waals surface area contributed by atoms with Crippen LogP contribution < -0.4 is 10.6 Å². The summed E-state index contributed by atoms with van der Waals surface area (Å²) in [5.41, 5.74) is -0.794. The molecular weight excluding hydrogens is 248 g/mol. The van der Waals surface area contributed by atoms with Crippen LogP contribution in [0.3, 0.4) is 0 Å². The normalized spacial score (nSPS) is 11.2. The van der Waals surface area contributed by atoms with Gasteiger partial charge >= 0.3 is 11.8 Å². The van der Waals surface area contributed by atoms with Crippen LogP contribution in [0.4, 0.5) is 0 Å². The van der Waals surface area contributed by atoms with E-state index in [2.05, 4.69) is 17.6 Å². The highest BCUT2D eigenvalue weighted by atomic mass is 16.5. The molecule has 0 aromatic carbocycles. The van der Waals surface area contributed by atoms with Gasteiger partial charge < -0.3 is 20.5 Å². The summed E-state index contributed by atoms with van der Waals surface area (Å²) < 4.78 is 5.33. The molecule has 0 spiro atoms. The Morgan fingerprint density at radius 2 is 1.79 bits per heavy atom. The van der Waals surface area contributed by atoms with Crippen molar-refractivity contribution in [3.63, 3.8) is 0 Å². The average molecular weight is 274 g/mol. The monoisotopic (exact) mass is 274 g/mol. The van der Waals surface area contributed by atoms with E-state index in [0.717, 1.165) is 19.4 Å². The first-order valence-electron chi connectivity index (χ1n) is 6.72. The van der Waals surface area contributed by atoms with Gasteiger partial charge in [0.2, 0.25) is 0 Å². The number of aliphatic hydroxyl groups excluding tert-OH is 1. The molecule has 0 bridgehead atoms. The van der Waals surface area contributed by atoms with Gasteiger partial charge in [-0.15, -0.1) is 0 Å². The second-order valence-corrected chi connectivity index (χ2v) is 5.07. The van der Waals surface area contributed by atoms with E-state index >= 15 is 0 Å². The van der Waals surface area contributed by atoms with Gasteiger partial charge in [0.25, 0.3) is 0 Å². The van der Waals surface area contributed by atoms with Crippen LogP contribution in [-0.2, 0) is 14.3 Å². The first kappa shape index (κ1) is 17.9. The van der Waals surface area contributed by atoms with E-state index in [1.165, 1.54) is 0 Å². The summed E-state index contributed by atoms with van der Waals surface area (Å²) in [6, 6.07) is 0. The van der Waals surface area contributed by atoms with Gasteiger partial charge in [-0.25, -0.2) is 0 Å². The highest BCUT2D eigenvalue weighted by molar-refractivity contribution is 6.35. The minimum atomic E-state index is -0.794. The molecule has 0 aromatic rings. The molecule has 0 fully saturated rings. The Hall–Kier alpha value is -1.14. The van der Waals surface area contributed by atoms with E-state index in [4.69, 9.17) is 9.84 Å². The van der Waals surface area contributed by atoms with Crippen molar-refractivity contribution in [1.82, 2.24) is 10.6 Å². The Labute approximate surface area is 114 Å². The third-order valence-electron chi connectivity index (χ3n) is 2.45. The second kappa shape index (κ2) is 9.75. The van der Waals surface area contributed by atoms with Gasteiger partial charge in [-0.2, -0.15) is 0 Å². The van der Waals surface area contributed by atoms with Crippen molar-refractivity contribution in [2.24, 2.45) is 0 Å². The van der Waals surface area contributed by atoms with E-state index in [0.29, 0.717) is 19.6 Å². The molecule has 6 nitrogen and oxygen atoms in total. The largest absolute Gasteiger partial charge is 0.394 e. The standard InChI is InChI=1S/C13H26N2O4/c1-4-5-8-19-9-6-7-14-11(17)12(18)15-13(2,3)10-16/h16H,4-10H2,1-3H3,(H,14,17)(H,15,18). The van der Waals surface area contributed by atoms with Gasteiger partial charge in [0.1, 0.15) is 0 Å². The third-order valence-corrected chi connectivity index (χ3v) is 2.45. The molecule has 0 aliphatic heterocycles. The van der Waals surface area contributed by atoms with Crippen LogP contribution in [-0.4, -0.2) is 48.8 Å². The lowest BCUT2D eigenvalue weighted by Crippen LogP contribution is -2.51. The number of ether oxygens (including phenoxy) is 1. The van der Waals surface area contributed by atoms with Crippen LogP contribution in [0, 0.1) is 0 Å². The van der Waals surface area contributed by atoms with Gasteiger partial charge in [-0.3, -0.25) is 9.59 Å². The number of hydrogen-bond donors (Lipinski definition) is 3. The number of amides is 2. The zero-order valence-corrected chi connectivity index (χ0v) is 12.1. The molecule has 0 aliphatic carbocycles. The number of carbonyl (C=O) groups excluding carboxylic acids is 2. The van der Waals surface area contributed by atoms with E-state index in [1.807, 2.05) is 0 Å². The molecule has 6 heteroatoms. The van der Waals surface area contributed by atoms with Crippen LogP contribution in [0.1, 0.15) is 40.0 Å². The molecule has 112 valence electrons. The summed E-state index contributed by atoms with van der Waals surface area (Å²) in [5.74, 6) is -1.42. The molecule has 0 saturated heterocycles. The first-order valence-corrected chi connectivity index (χ1v) is 6.72. The quantitative estimate of drug-likeness (QED) is 0.414. The Bertz CT molecular complexity index is 280. The molecule has 19 heavy (non-hydrogen) atoms. The summed E-state index contributed by atoms with van der Waals surface area (Å²) in [7, 11) is 0. The fourth-order valence-corrected chi connectivity index (χ4v) is 1.21. The Morgan fingerprint density at radius 3 is 2.37 bits per heavy atom. The van der Waals surface area contributed by atoms with E-state index in [-0.39, 0.29) is 6.61 Å². The zero-order valence-electron chi connectivity index (χ0n) is 12.1. The summed E-state index contributed by atoms with van der Waals surface area (Å²) >= 11 is 0. The van der Waals surface area contributed by atoms with Crippen LogP contribution in [0.25, 0.3) is 0 Å². The average Bonchev–Trinajstić information content (AvgIpc) is 2.37. The van der Waals surface area contributed by atoms with Gasteiger partial charge in [0, 0.05) is 19.8 Å². The highest BCUT2D eigenvalue weighted by Gasteiger charge is 2.23. The molecule has 0 saturated carbocycles. The molecule has 0 aromatic heterocycles. The van der Waals surface area contributed by atoms with Crippen molar-refractivity contribution < 1.29 is 19.4 Å². The fourth-order valence-electron chi connectivity index (χ4n) is 1.21. The molecule has 0 heterocycles. The number of unbranched alkanes of at least 4 members (excludes halogenated alkanes) is 1. The Balaban J connectivity index is 3.66. The maximum Gasteiger partial charge on any atom is 0.309 e. The highest BCUT2D eigenvalue weighted by Crippen LogP contribution is 1.98. The lowest BCUT2D eigenvalue weighted by atomic mass is 10.1. The van der Waals surface area contributed by atoms with E-state index in [1.54, 1.807) is 13.8 Å². The molecule has 0 radical (unpaired) electrons. The van der Waals surface area contributed by atoms with Crippen LogP contribution in [0.5, 0.6) is 0 Å². The molecule has 0 rings (SSSR count). The molecule has 0 atom stereocenters. The molecule has 2 amide bonds. The Kier molecular flexibility index (Phi) is 9.16. The van der Waals surface area contributed by atoms with Crippen molar-refractivity contribution in [2.75, 3.05) is 26.4 Å². The van der Waals surface area contributed by atoms with E-state index in [9.17, 15) is 9.59 Å². The molecule has 0 unspecified atom stereocenters. The number of aliphatic hydroxyl groups is 1. The van der Waals surface area contributed by atoms with Crippen molar-refractivity contribution in [1.29, 1.82) is 0 Å². The third kappa shape index (κ3) is 9.44. The lowest BCUT2D eigenvalue weighted by molar-refractivity contribution is -0.140. The summed E-state index contributed by atoms with van der Waals surface area (Å²) in [6.07, 6.45) is 2.80. The van der Waals surface area contributed by atoms with Crippen molar-refractivity contribution >= 4 is 11.8 Å². The number of carbonyl (C=O) groups is 2. The molecule has 3 N–H and O–H groups in total. The van der Waals surface area contributed by atoms with Crippen molar-refractivity contribution in [3.8, 4) is 0 Å². The minimum absolute atomic E-state index is 0.225. The summed E-state index contributed by atoms with van der Waals surface area (Å²) in [5, 5.41) is 13.9. The maximum atomic E-state index is 11.5. The Morgan fingerprint density at radius 1 is 1.16 bits per heavy atom. The molecule has 0 aliphatic rings. The topological polar surface area (TPSA) is 87.7 Å². The van der Waals surface area contributed by atoms with Crippen molar-refractivity contribution in [2.45, 2.75) is 45.6 Å². The zero-order chi connectivity index (χ0) is 14.7. The van der Waals surface area contributed by atoms with Crippen molar-refractivity contribution in [3.05, 3.63) is 0 Å². The van der Waals surface area contributed by atoms with Crippen LogP contribution >= 0.6 is 0 Å². The lowest BCUT2D eigenvalue weighted by Gasteiger charge is -2.22. The number of hydrogen-bond acceptors (Lipinski definition) is 4. The summed E-state index contributed by atoms with van der Waals surface area (Å²) in [4.78, 5) is 22.9. The fraction of sp³-hybridized carbons (Fsp3) is 0.846. The second-order valence-electron chi connectivity index (χ2n) is 5.07. The number of nitrogens with one attached hydrogen (secondary N) is 2. The van der Waals surface area contributed by atoms with E-state index < -0.39 is 17.4 Å².